The van der Waals surface area contributed by atoms with Gasteiger partial charge in [-0.2, -0.15) is 5.26 Å². The van der Waals surface area contributed by atoms with E-state index in [9.17, 15) is 4.79 Å². The van der Waals surface area contributed by atoms with Gasteiger partial charge in [0.15, 0.2) is 0 Å². The fourth-order valence-electron chi connectivity index (χ4n) is 2.77. The largest absolute Gasteiger partial charge is 0.300 e. The molecule has 2 aliphatic carbocycles. The van der Waals surface area contributed by atoms with Crippen LogP contribution >= 0.6 is 0 Å². The maximum Gasteiger partial charge on any atom is 0.136 e. The number of carbonyl (C=O) groups excluding carboxylic acids is 1. The maximum absolute atomic E-state index is 11.0. The molecular weight excluding hydrogens is 162 g/mol. The van der Waals surface area contributed by atoms with E-state index in [1.54, 1.807) is 0 Å². The molecule has 70 valence electrons. The predicted octanol–water partition coefficient (Wildman–Crippen LogP) is 2.44. The number of nitrogens with zero attached hydrogens (tertiary/aromatic N) is 1. The minimum Gasteiger partial charge on any atom is -0.300 e. The molecule has 0 aliphatic heterocycles. The summed E-state index contributed by atoms with van der Waals surface area (Å²) in [6.07, 6.45) is 7.22. The first-order chi connectivity index (χ1) is 6.27. The summed E-state index contributed by atoms with van der Waals surface area (Å²) >= 11 is 0. The summed E-state index contributed by atoms with van der Waals surface area (Å²) in [6.45, 7) is 0. The van der Waals surface area contributed by atoms with Gasteiger partial charge in [0.05, 0.1) is 11.5 Å². The summed E-state index contributed by atoms with van der Waals surface area (Å²) in [5, 5.41) is 9.10. The van der Waals surface area contributed by atoms with Gasteiger partial charge in [-0.3, -0.25) is 4.79 Å². The van der Waals surface area contributed by atoms with Gasteiger partial charge in [0, 0.05) is 12.8 Å². The highest BCUT2D eigenvalue weighted by Crippen LogP contribution is 2.49. The zero-order chi connectivity index (χ0) is 9.31. The molecule has 2 rings (SSSR count). The molecule has 0 bridgehead atoms. The van der Waals surface area contributed by atoms with Crippen LogP contribution in [0.1, 0.15) is 44.9 Å². The van der Waals surface area contributed by atoms with Crippen molar-refractivity contribution in [3.63, 3.8) is 0 Å². The van der Waals surface area contributed by atoms with Crippen LogP contribution in [0.25, 0.3) is 0 Å². The first-order valence-corrected chi connectivity index (χ1v) is 5.20. The van der Waals surface area contributed by atoms with Crippen molar-refractivity contribution in [2.45, 2.75) is 44.9 Å². The second-order valence-corrected chi connectivity index (χ2v) is 4.50. The normalized spacial score (nSPS) is 27.8. The van der Waals surface area contributed by atoms with E-state index in [1.165, 1.54) is 32.1 Å². The Morgan fingerprint density at radius 1 is 1.23 bits per heavy atom. The van der Waals surface area contributed by atoms with Gasteiger partial charge in [-0.1, -0.05) is 19.3 Å². The molecule has 0 radical (unpaired) electrons. The van der Waals surface area contributed by atoms with Gasteiger partial charge in [0.2, 0.25) is 0 Å². The van der Waals surface area contributed by atoms with Crippen LogP contribution in [0.4, 0.5) is 0 Å². The van der Waals surface area contributed by atoms with Gasteiger partial charge >= 0.3 is 0 Å². The predicted molar refractivity (Wildman–Crippen MR) is 48.9 cm³/mol. The molecule has 13 heavy (non-hydrogen) atoms. The van der Waals surface area contributed by atoms with E-state index in [-0.39, 0.29) is 11.2 Å². The monoisotopic (exact) mass is 177 g/mol. The van der Waals surface area contributed by atoms with E-state index in [1.807, 2.05) is 0 Å². The average molecular weight is 177 g/mol. The van der Waals surface area contributed by atoms with Crippen LogP contribution in [0.5, 0.6) is 0 Å². The summed E-state index contributed by atoms with van der Waals surface area (Å²) in [7, 11) is 0. The first kappa shape index (κ1) is 8.74. The smallest absolute Gasteiger partial charge is 0.136 e. The summed E-state index contributed by atoms with van der Waals surface area (Å²) < 4.78 is 0. The van der Waals surface area contributed by atoms with Crippen LogP contribution in [-0.2, 0) is 4.79 Å². The van der Waals surface area contributed by atoms with Crippen molar-refractivity contribution in [2.75, 3.05) is 0 Å². The molecule has 0 aromatic heterocycles. The lowest BCUT2D eigenvalue weighted by Crippen LogP contribution is -2.43. The molecule has 0 N–H and O–H groups in total. The van der Waals surface area contributed by atoms with Crippen LogP contribution in [-0.4, -0.2) is 5.78 Å². The molecule has 0 heterocycles. The molecular formula is C11H15NO. The third kappa shape index (κ3) is 1.37. The average Bonchev–Trinajstić information content (AvgIpc) is 2.14. The molecule has 2 saturated carbocycles. The van der Waals surface area contributed by atoms with Crippen molar-refractivity contribution < 1.29 is 4.79 Å². The van der Waals surface area contributed by atoms with Crippen LogP contribution < -0.4 is 0 Å². The lowest BCUT2D eigenvalue weighted by Gasteiger charge is -2.42. The van der Waals surface area contributed by atoms with Crippen molar-refractivity contribution in [3.8, 4) is 6.07 Å². The van der Waals surface area contributed by atoms with E-state index >= 15 is 0 Å². The number of rotatable bonds is 1. The minimum absolute atomic E-state index is 0.239. The van der Waals surface area contributed by atoms with Crippen LogP contribution in [0.3, 0.4) is 0 Å². The molecule has 0 atom stereocenters. The van der Waals surface area contributed by atoms with Gasteiger partial charge < -0.3 is 0 Å². The molecule has 2 fully saturated rings. The van der Waals surface area contributed by atoms with E-state index in [4.69, 9.17) is 5.26 Å². The second kappa shape index (κ2) is 3.14. The lowest BCUT2D eigenvalue weighted by atomic mass is 9.58. The second-order valence-electron chi connectivity index (χ2n) is 4.50. The molecule has 2 nitrogen and oxygen atoms in total. The van der Waals surface area contributed by atoms with Gasteiger partial charge in [-0.25, -0.2) is 0 Å². The number of carbonyl (C=O) groups is 1. The maximum atomic E-state index is 11.0. The number of hydrogen-bond donors (Lipinski definition) is 0. The highest BCUT2D eigenvalue weighted by atomic mass is 16.1. The van der Waals surface area contributed by atoms with E-state index in [0.717, 1.165) is 0 Å². The Morgan fingerprint density at radius 2 is 1.85 bits per heavy atom. The molecule has 0 spiro atoms. The SMILES string of the molecule is N#CC1(C2CCCCC2)CC(=O)C1. The molecule has 0 saturated heterocycles. The van der Waals surface area contributed by atoms with Crippen molar-refractivity contribution in [2.24, 2.45) is 11.3 Å². The van der Waals surface area contributed by atoms with Crippen molar-refractivity contribution in [3.05, 3.63) is 0 Å². The summed E-state index contributed by atoms with van der Waals surface area (Å²) in [5.41, 5.74) is -0.239. The minimum atomic E-state index is -0.239. The standard InChI is InChI=1S/C11H15NO/c12-8-11(6-10(13)7-11)9-4-2-1-3-5-9/h9H,1-7H2. The Morgan fingerprint density at radius 3 is 2.31 bits per heavy atom. The van der Waals surface area contributed by atoms with E-state index in [2.05, 4.69) is 6.07 Å². The van der Waals surface area contributed by atoms with Gasteiger partial charge in [-0.05, 0) is 18.8 Å². The lowest BCUT2D eigenvalue weighted by molar-refractivity contribution is -0.133. The Labute approximate surface area is 78.9 Å². The molecule has 0 aromatic carbocycles. The number of hydrogen-bond acceptors (Lipinski definition) is 2. The van der Waals surface area contributed by atoms with E-state index in [0.29, 0.717) is 18.8 Å². The van der Waals surface area contributed by atoms with Crippen molar-refractivity contribution in [1.29, 1.82) is 5.26 Å². The fourth-order valence-corrected chi connectivity index (χ4v) is 2.77. The number of ketones is 1. The molecule has 0 aromatic rings. The zero-order valence-electron chi connectivity index (χ0n) is 7.88. The van der Waals surface area contributed by atoms with Crippen molar-refractivity contribution >= 4 is 5.78 Å². The quantitative estimate of drug-likeness (QED) is 0.617. The van der Waals surface area contributed by atoms with Gasteiger partial charge in [-0.15, -0.1) is 0 Å². The Kier molecular flexibility index (Phi) is 2.11. The molecule has 2 aliphatic rings. The Bertz CT molecular complexity index is 250. The highest BCUT2D eigenvalue weighted by molar-refractivity contribution is 5.87. The number of Topliss-reactive ketones (excluding diaryl/α,β-unsaturated/α-hetero) is 1. The zero-order valence-corrected chi connectivity index (χ0v) is 7.88. The van der Waals surface area contributed by atoms with Crippen molar-refractivity contribution in [1.82, 2.24) is 0 Å². The topological polar surface area (TPSA) is 40.9 Å². The Hall–Kier alpha value is -0.840. The third-order valence-electron chi connectivity index (χ3n) is 3.63. The Balaban J connectivity index is 2.04. The molecule has 0 unspecified atom stereocenters. The van der Waals surface area contributed by atoms with Gasteiger partial charge in [0.25, 0.3) is 0 Å². The summed E-state index contributed by atoms with van der Waals surface area (Å²) in [6, 6.07) is 2.39. The highest BCUT2D eigenvalue weighted by Gasteiger charge is 2.49. The summed E-state index contributed by atoms with van der Waals surface area (Å²) in [5.74, 6) is 0.802. The number of nitriles is 1. The van der Waals surface area contributed by atoms with Crippen LogP contribution in [0, 0.1) is 22.7 Å². The third-order valence-corrected chi connectivity index (χ3v) is 3.63. The van der Waals surface area contributed by atoms with E-state index < -0.39 is 0 Å². The van der Waals surface area contributed by atoms with Gasteiger partial charge in [0.1, 0.15) is 5.78 Å². The molecule has 2 heteroatoms. The van der Waals surface area contributed by atoms with Crippen LogP contribution in [0.2, 0.25) is 0 Å². The first-order valence-electron chi connectivity index (χ1n) is 5.20. The fraction of sp³-hybridized carbons (Fsp3) is 0.818. The summed E-state index contributed by atoms with van der Waals surface area (Å²) in [4.78, 5) is 11.0. The van der Waals surface area contributed by atoms with Crippen LogP contribution in [0.15, 0.2) is 0 Å². The molecule has 0 amide bonds.